The molecule has 5 nitrogen and oxygen atoms in total. The zero-order chi connectivity index (χ0) is 10.8. The zero-order valence-corrected chi connectivity index (χ0v) is 13.6. The monoisotopic (exact) mass is 288 g/mol. The van der Waals surface area contributed by atoms with Gasteiger partial charge >= 0.3 is 51.4 Å². The van der Waals surface area contributed by atoms with E-state index in [1.807, 2.05) is 4.72 Å². The van der Waals surface area contributed by atoms with Crippen molar-refractivity contribution in [2.75, 3.05) is 5.73 Å². The van der Waals surface area contributed by atoms with E-state index in [4.69, 9.17) is 5.73 Å². The Kier molecular flexibility index (Phi) is 8.95. The van der Waals surface area contributed by atoms with Gasteiger partial charge in [-0.2, -0.15) is 0 Å². The van der Waals surface area contributed by atoms with Crippen molar-refractivity contribution in [3.8, 4) is 0 Å². The number of anilines is 1. The molecule has 0 bridgehead atoms. The normalized spacial score (nSPS) is 9.56. The molecule has 16 heavy (non-hydrogen) atoms. The van der Waals surface area contributed by atoms with Crippen molar-refractivity contribution in [2.24, 2.45) is 0 Å². The van der Waals surface area contributed by atoms with Gasteiger partial charge in [0.15, 0.2) is 0 Å². The minimum absolute atomic E-state index is 0. The Labute approximate surface area is 143 Å². The van der Waals surface area contributed by atoms with Gasteiger partial charge < -0.3 is 18.1 Å². The molecule has 0 aliphatic rings. The maximum absolute atomic E-state index is 11.4. The van der Waals surface area contributed by atoms with Crippen LogP contribution in [-0.4, -0.2) is 14.3 Å². The van der Waals surface area contributed by atoms with Crippen LogP contribution >= 0.6 is 0 Å². The van der Waals surface area contributed by atoms with Crippen LogP contribution in [0.5, 0.6) is 0 Å². The number of benzene rings is 1. The maximum Gasteiger partial charge on any atom is 1.00 e. The van der Waals surface area contributed by atoms with Crippen molar-refractivity contribution in [1.82, 2.24) is 4.72 Å². The maximum atomic E-state index is 11.4. The molecule has 3 N–H and O–H groups in total. The number of nitrogens with two attached hydrogens (primary N) is 1. The number of amides is 1. The minimum Gasteiger partial charge on any atom is -1.00 e. The van der Waals surface area contributed by atoms with Crippen LogP contribution in [-0.2, 0) is 14.8 Å². The molecule has 8 heteroatoms. The van der Waals surface area contributed by atoms with Crippen molar-refractivity contribution < 1.29 is 77.0 Å². The average molecular weight is 289 g/mol. The van der Waals surface area contributed by atoms with Crippen molar-refractivity contribution >= 4 is 21.6 Å². The van der Waals surface area contributed by atoms with Crippen LogP contribution < -0.4 is 74.2 Å². The predicted molar refractivity (Wildman–Crippen MR) is 51.9 cm³/mol. The van der Waals surface area contributed by atoms with Crippen molar-refractivity contribution in [3.63, 3.8) is 0 Å². The molecular weight excluding hydrogens is 279 g/mol. The second kappa shape index (κ2) is 7.65. The summed E-state index contributed by atoms with van der Waals surface area (Å²) in [5.74, 6) is -0.623. The van der Waals surface area contributed by atoms with Crippen molar-refractivity contribution in [3.05, 3.63) is 24.3 Å². The van der Waals surface area contributed by atoms with Gasteiger partial charge in [-0.1, -0.05) is 0 Å². The molecule has 0 aliphatic heterocycles. The summed E-state index contributed by atoms with van der Waals surface area (Å²) in [7, 11) is -3.73. The fourth-order valence-electron chi connectivity index (χ4n) is 0.895. The number of sulfonamides is 1. The summed E-state index contributed by atoms with van der Waals surface area (Å²) in [5.41, 5.74) is 5.85. The van der Waals surface area contributed by atoms with Gasteiger partial charge in [-0.25, -0.2) is 13.1 Å². The van der Waals surface area contributed by atoms with Gasteiger partial charge in [0.25, 0.3) is 10.0 Å². The number of halogens is 1. The van der Waals surface area contributed by atoms with Crippen molar-refractivity contribution in [1.29, 1.82) is 0 Å². The Balaban J connectivity index is 0. The van der Waals surface area contributed by atoms with Crippen LogP contribution in [0.25, 0.3) is 0 Å². The van der Waals surface area contributed by atoms with E-state index in [1.165, 1.54) is 24.3 Å². The summed E-state index contributed by atoms with van der Waals surface area (Å²) >= 11 is 0. The first-order valence-electron chi connectivity index (χ1n) is 3.81. The van der Waals surface area contributed by atoms with Gasteiger partial charge in [-0.15, -0.1) is 0 Å². The molecule has 0 heterocycles. The second-order valence-corrected chi connectivity index (χ2v) is 4.41. The third kappa shape index (κ3) is 5.62. The Bertz CT molecular complexity index is 447. The molecule has 1 aromatic carbocycles. The Morgan fingerprint density at radius 2 is 1.69 bits per heavy atom. The van der Waals surface area contributed by atoms with Gasteiger partial charge in [0.1, 0.15) is 0 Å². The van der Waals surface area contributed by atoms with Crippen LogP contribution in [0, 0.1) is 0 Å². The fraction of sp³-hybridized carbons (Fsp3) is 0.125. The summed E-state index contributed by atoms with van der Waals surface area (Å²) in [4.78, 5) is 10.6. The first kappa shape index (κ1) is 18.7. The molecule has 0 radical (unpaired) electrons. The molecule has 1 aromatic rings. The molecule has 0 aliphatic carbocycles. The zero-order valence-electron chi connectivity index (χ0n) is 8.90. The van der Waals surface area contributed by atoms with E-state index in [2.05, 4.69) is 0 Å². The fourth-order valence-corrected chi connectivity index (χ4v) is 1.89. The number of carbonyl (C=O) groups is 1. The van der Waals surface area contributed by atoms with E-state index in [1.54, 1.807) is 0 Å². The second-order valence-electron chi connectivity index (χ2n) is 2.73. The van der Waals surface area contributed by atoms with E-state index in [0.717, 1.165) is 6.92 Å². The predicted octanol–water partition coefficient (Wildman–Crippen LogP) is -5.90. The SMILES string of the molecule is CC(=O)NS(=O)(=O)c1ccc(N)cc1.[Cl-].[K+]. The number of rotatable bonds is 2. The standard InChI is InChI=1S/C8H10N2O3S.ClH.K/c1-6(11)10-14(12,13)8-4-2-7(9)3-5-8;;/h2-5H,9H2,1H3,(H,10,11);1H;/q;;+1/p-1. The van der Waals surface area contributed by atoms with Gasteiger partial charge in [0, 0.05) is 12.6 Å². The first-order chi connectivity index (χ1) is 6.42. The smallest absolute Gasteiger partial charge is 1.00 e. The number of nitrogen functional groups attached to an aromatic ring is 1. The van der Waals surface area contributed by atoms with E-state index in [0.29, 0.717) is 5.69 Å². The third-order valence-corrected chi connectivity index (χ3v) is 2.92. The quantitative estimate of drug-likeness (QED) is 0.419. The number of carbonyl (C=O) groups excluding carboxylic acids is 1. The summed E-state index contributed by atoms with van der Waals surface area (Å²) in [5, 5.41) is 0. The first-order valence-corrected chi connectivity index (χ1v) is 5.29. The van der Waals surface area contributed by atoms with Crippen molar-refractivity contribution in [2.45, 2.75) is 11.8 Å². The minimum atomic E-state index is -3.73. The van der Waals surface area contributed by atoms with Gasteiger partial charge in [-0.05, 0) is 24.3 Å². The topological polar surface area (TPSA) is 89.3 Å². The van der Waals surface area contributed by atoms with E-state index in [-0.39, 0.29) is 68.7 Å². The summed E-state index contributed by atoms with van der Waals surface area (Å²) in [6, 6.07) is 5.57. The van der Waals surface area contributed by atoms with E-state index >= 15 is 0 Å². The van der Waals surface area contributed by atoms with Crippen LogP contribution in [0.3, 0.4) is 0 Å². The van der Waals surface area contributed by atoms with Crippen LogP contribution in [0.4, 0.5) is 5.69 Å². The molecule has 0 saturated carbocycles. The Hall–Kier alpha value is 0.366. The molecule has 0 spiro atoms. The van der Waals surface area contributed by atoms with Crippen LogP contribution in [0.15, 0.2) is 29.2 Å². The summed E-state index contributed by atoms with van der Waals surface area (Å²) in [6.07, 6.45) is 0. The summed E-state index contributed by atoms with van der Waals surface area (Å²) < 4.78 is 24.6. The number of hydrogen-bond acceptors (Lipinski definition) is 4. The Morgan fingerprint density at radius 1 is 1.25 bits per heavy atom. The van der Waals surface area contributed by atoms with Gasteiger partial charge in [0.2, 0.25) is 5.91 Å². The van der Waals surface area contributed by atoms with Crippen LogP contribution in [0.2, 0.25) is 0 Å². The van der Waals surface area contributed by atoms with Gasteiger partial charge in [0.05, 0.1) is 4.90 Å². The summed E-state index contributed by atoms with van der Waals surface area (Å²) in [6.45, 7) is 1.13. The molecule has 0 fully saturated rings. The Morgan fingerprint density at radius 3 is 2.06 bits per heavy atom. The van der Waals surface area contributed by atoms with Gasteiger partial charge in [-0.3, -0.25) is 4.79 Å². The molecular formula is C8H10ClKN2O3S. The molecule has 0 saturated heterocycles. The molecule has 0 unspecified atom stereocenters. The average Bonchev–Trinajstić information content (AvgIpc) is 2.02. The molecule has 1 amide bonds. The largest absolute Gasteiger partial charge is 1.00 e. The van der Waals surface area contributed by atoms with E-state index in [9.17, 15) is 13.2 Å². The molecule has 84 valence electrons. The van der Waals surface area contributed by atoms with E-state index < -0.39 is 15.9 Å². The molecule has 0 aromatic heterocycles. The number of nitrogens with one attached hydrogen (secondary N) is 1. The number of hydrogen-bond donors (Lipinski definition) is 2. The molecule has 0 atom stereocenters. The molecule has 1 rings (SSSR count). The van der Waals surface area contributed by atoms with Crippen LogP contribution in [0.1, 0.15) is 6.92 Å². The third-order valence-electron chi connectivity index (χ3n) is 1.47.